The van der Waals surface area contributed by atoms with Gasteiger partial charge in [0.15, 0.2) is 5.78 Å². The van der Waals surface area contributed by atoms with E-state index in [-0.39, 0.29) is 82.2 Å². The number of ether oxygens (including phenoxy) is 3. The molecule has 2 aromatic rings. The van der Waals surface area contributed by atoms with Crippen LogP contribution in [0.25, 0.3) is 0 Å². The Balaban J connectivity index is 0.911. The van der Waals surface area contributed by atoms with E-state index in [1.54, 1.807) is 7.11 Å². The predicted molar refractivity (Wildman–Crippen MR) is 293 cm³/mol. The molecule has 76 heavy (non-hydrogen) atoms. The number of carbonyl (C=O) groups is 4. The van der Waals surface area contributed by atoms with Crippen LogP contribution in [-0.4, -0.2) is 54.7 Å². The van der Waals surface area contributed by atoms with Crippen molar-refractivity contribution >= 4 is 23.5 Å². The number of hydrogen-bond acceptors (Lipinski definition) is 7. The Bertz CT molecular complexity index is 2870. The second-order valence-corrected chi connectivity index (χ2v) is 28.6. The zero-order valence-electron chi connectivity index (χ0n) is 46.9. The van der Waals surface area contributed by atoms with Crippen molar-refractivity contribution < 1.29 is 33.4 Å². The summed E-state index contributed by atoms with van der Waals surface area (Å²) < 4.78 is 20.9. The molecule has 5 aliphatic heterocycles. The summed E-state index contributed by atoms with van der Waals surface area (Å²) >= 11 is 0. The van der Waals surface area contributed by atoms with Gasteiger partial charge in [-0.3, -0.25) is 24.5 Å². The lowest BCUT2D eigenvalue weighted by molar-refractivity contribution is -0.140. The zero-order valence-corrected chi connectivity index (χ0v) is 46.9. The lowest BCUT2D eigenvalue weighted by Gasteiger charge is -2.51. The highest BCUT2D eigenvalue weighted by atomic mass is 16.6. The van der Waals surface area contributed by atoms with Crippen LogP contribution in [0.2, 0.25) is 0 Å². The van der Waals surface area contributed by atoms with Crippen LogP contribution in [0.3, 0.4) is 0 Å². The largest absolute Gasteiger partial charge is 0.490 e. The lowest BCUT2D eigenvalue weighted by Crippen LogP contribution is -2.49. The number of allylic oxidation sites excluding steroid dienone is 7. The Morgan fingerprint density at radius 2 is 1.32 bits per heavy atom. The molecule has 0 aromatic heterocycles. The van der Waals surface area contributed by atoms with Crippen LogP contribution in [0.4, 0.5) is 0 Å². The topological polar surface area (TPSA) is 123 Å². The highest BCUT2D eigenvalue weighted by Gasteiger charge is 2.72. The Morgan fingerprint density at radius 3 is 2.00 bits per heavy atom. The molecule has 9 nitrogen and oxygen atoms in total. The summed E-state index contributed by atoms with van der Waals surface area (Å²) in [6, 6.07) is 17.4. The van der Waals surface area contributed by atoms with E-state index in [2.05, 4.69) is 152 Å². The third-order valence-electron chi connectivity index (χ3n) is 23.6. The fraction of sp³-hybridized carbons (Fsp3) is 0.642. The predicted octanol–water partition coefficient (Wildman–Crippen LogP) is 11.3. The second-order valence-electron chi connectivity index (χ2n) is 28.6. The van der Waals surface area contributed by atoms with E-state index in [0.29, 0.717) is 60.7 Å². The lowest BCUT2D eigenvalue weighted by atomic mass is 9.52. The molecule has 5 heterocycles. The number of benzene rings is 2. The summed E-state index contributed by atoms with van der Waals surface area (Å²) in [6.07, 6.45) is 19.4. The van der Waals surface area contributed by atoms with Crippen LogP contribution in [0.1, 0.15) is 118 Å². The van der Waals surface area contributed by atoms with Gasteiger partial charge in [0.05, 0.1) is 24.0 Å². The maximum Gasteiger partial charge on any atom is 0.237 e. The Kier molecular flexibility index (Phi) is 11.7. The van der Waals surface area contributed by atoms with E-state index in [1.165, 1.54) is 23.1 Å². The van der Waals surface area contributed by atoms with Crippen LogP contribution < -0.4 is 15.4 Å². The van der Waals surface area contributed by atoms with Gasteiger partial charge in [0.1, 0.15) is 23.5 Å². The van der Waals surface area contributed by atoms with Crippen molar-refractivity contribution in [2.24, 2.45) is 116 Å². The Morgan fingerprint density at radius 1 is 0.684 bits per heavy atom. The average Bonchev–Trinajstić information content (AvgIpc) is 3.83. The molecule has 0 spiro atoms. The first-order valence-corrected chi connectivity index (χ1v) is 29.6. The van der Waals surface area contributed by atoms with Gasteiger partial charge in [-0.15, -0.1) is 6.58 Å². The summed E-state index contributed by atoms with van der Waals surface area (Å²) in [6.45, 7) is 26.2. The number of rotatable bonds is 5. The number of imide groups is 1. The molecule has 7 fully saturated rings. The second kappa shape index (κ2) is 17.4. The number of hydrogen-bond donors (Lipinski definition) is 2. The minimum atomic E-state index is -1.03. The minimum absolute atomic E-state index is 0.0240. The van der Waals surface area contributed by atoms with Crippen molar-refractivity contribution in [3.8, 4) is 5.75 Å². The molecule has 9 heteroatoms. The molecule has 6 bridgehead atoms. The van der Waals surface area contributed by atoms with Gasteiger partial charge >= 0.3 is 0 Å². The van der Waals surface area contributed by atoms with Crippen molar-refractivity contribution in [1.82, 2.24) is 10.6 Å². The van der Waals surface area contributed by atoms with E-state index < -0.39 is 40.2 Å². The van der Waals surface area contributed by atoms with E-state index in [1.807, 2.05) is 6.08 Å². The Labute approximate surface area is 452 Å². The number of fused-ring (bicyclic) bond motifs is 8. The van der Waals surface area contributed by atoms with Crippen molar-refractivity contribution in [3.05, 3.63) is 113 Å². The normalized spacial score (nSPS) is 49.5. The standard InChI is InChI=1S/C67H84N2O7/c1-12-63(7)30-37(5)50-47-44(26-39-15-17-40(18-16-39)27-45-48(56(70)54(47)63)62(73)68-60(45)71)53-42(25-35(3)29-66(50,53)10)14-13-23-64(8)31-38(6)51-49-55(64)59-57(76-59)46-33-67(74-11,69-61(46)72)32-41-19-21-43(22-20-41)75-58(49)52-36(4)24-34(2)28-65(51,52)9/h12-13,15-23,30-31,34-36,42,44-55,57-59H,1,14,24-29,32-33H2,2-11H3,(H,69,72)(H,68,71,73)/t34-,35-,36+,42+,44+,45?,46+,47?,48-,49+,50?,51-,52+,53?,54+,55?,57?,58+,59-,63+,64+,65+,66+,67-/m1/s1. The van der Waals surface area contributed by atoms with Crippen LogP contribution in [-0.2, 0) is 47.9 Å². The highest BCUT2D eigenvalue weighted by molar-refractivity contribution is 6.16. The third-order valence-corrected chi connectivity index (χ3v) is 23.6. The SMILES string of the molecule is C=C[C@@]1(C)C=C(C)C2C3[C@H](Cc4ccc(cc4)CC4C(=O)NC(=O)[C@H]4C(=O)[C@H]31)C1[C@@H](CC=C[C@@]3(C)C=C(C)[C@@H]4[C@H]5C3[C@H]3OC3[C@@H]3C[C@](OC)(Cc6ccc(cc6)O[C@@H]5[C@@H]5[C@@H](C)C[C@@H](C)C[C@]54C)NC3=O)C[C@@H](C)C[C@@]21C. The average molecular weight is 1030 g/mol. The molecule has 15 rings (SSSR count). The van der Waals surface area contributed by atoms with Gasteiger partial charge in [-0.1, -0.05) is 126 Å². The summed E-state index contributed by atoms with van der Waals surface area (Å²) in [5, 5.41) is 5.95. The number of carbonyl (C=O) groups excluding carboxylic acids is 4. The van der Waals surface area contributed by atoms with Gasteiger partial charge in [-0.05, 0) is 152 Å². The van der Waals surface area contributed by atoms with Gasteiger partial charge in [0.2, 0.25) is 17.7 Å². The maximum absolute atomic E-state index is 15.7. The molecule has 6 unspecified atom stereocenters. The summed E-state index contributed by atoms with van der Waals surface area (Å²) in [5.41, 5.74) is 4.19. The monoisotopic (exact) mass is 1030 g/mol. The molecule has 24 atom stereocenters. The number of methoxy groups -OCH3 is 1. The molecule has 2 N–H and O–H groups in total. The Hall–Kier alpha value is -4.60. The molecule has 3 saturated heterocycles. The molecule has 0 radical (unpaired) electrons. The smallest absolute Gasteiger partial charge is 0.237 e. The summed E-state index contributed by atoms with van der Waals surface area (Å²) in [7, 11) is 1.72. The number of epoxide rings is 1. The number of nitrogens with one attached hydrogen (secondary N) is 2. The molecule has 13 aliphatic rings. The highest BCUT2D eigenvalue weighted by Crippen LogP contribution is 2.73. The van der Waals surface area contributed by atoms with Crippen molar-refractivity contribution in [3.63, 3.8) is 0 Å². The first kappa shape index (κ1) is 50.9. The van der Waals surface area contributed by atoms with E-state index >= 15 is 4.79 Å². The third kappa shape index (κ3) is 7.40. The maximum atomic E-state index is 15.7. The van der Waals surface area contributed by atoms with Gasteiger partial charge in [-0.2, -0.15) is 0 Å². The quantitative estimate of drug-likeness (QED) is 0.132. The van der Waals surface area contributed by atoms with Crippen LogP contribution >= 0.6 is 0 Å². The molecular formula is C67H84N2O7. The van der Waals surface area contributed by atoms with Crippen LogP contribution in [0.15, 0.2) is 96.6 Å². The van der Waals surface area contributed by atoms with Gasteiger partial charge < -0.3 is 19.5 Å². The van der Waals surface area contributed by atoms with Gasteiger partial charge in [0.25, 0.3) is 0 Å². The zero-order chi connectivity index (χ0) is 53.3. The number of ketones is 1. The van der Waals surface area contributed by atoms with E-state index in [4.69, 9.17) is 14.2 Å². The first-order chi connectivity index (χ1) is 36.1. The van der Waals surface area contributed by atoms with Crippen LogP contribution in [0, 0.1) is 116 Å². The van der Waals surface area contributed by atoms with Crippen molar-refractivity contribution in [2.45, 2.75) is 144 Å². The number of Topliss-reactive ketones (excluding diaryl/α,β-unsaturated/α-hetero) is 1. The van der Waals surface area contributed by atoms with E-state index in [9.17, 15) is 14.4 Å². The first-order valence-electron chi connectivity index (χ1n) is 29.6. The summed E-state index contributed by atoms with van der Waals surface area (Å²) in [5.74, 6) is 0.864. The molecule has 404 valence electrons. The van der Waals surface area contributed by atoms with Crippen molar-refractivity contribution in [1.29, 1.82) is 0 Å². The molecule has 2 aromatic carbocycles. The number of amides is 3. The fourth-order valence-electron chi connectivity index (χ4n) is 21.8. The molecule has 4 saturated carbocycles. The molecule has 8 aliphatic carbocycles. The fourth-order valence-corrected chi connectivity index (χ4v) is 21.8. The van der Waals surface area contributed by atoms with E-state index in [0.717, 1.165) is 49.0 Å². The van der Waals surface area contributed by atoms with Crippen LogP contribution in [0.5, 0.6) is 5.75 Å². The van der Waals surface area contributed by atoms with Gasteiger partial charge in [0, 0.05) is 54.5 Å². The minimum Gasteiger partial charge on any atom is -0.490 e. The molecular weight excluding hydrogens is 945 g/mol. The molecule has 3 amide bonds. The van der Waals surface area contributed by atoms with Crippen molar-refractivity contribution in [2.75, 3.05) is 7.11 Å². The van der Waals surface area contributed by atoms with Gasteiger partial charge in [-0.25, -0.2) is 0 Å². The summed E-state index contributed by atoms with van der Waals surface area (Å²) in [4.78, 5) is 57.6.